The fraction of sp³-hybridized carbons (Fsp3) is 0.833. The molecular formula is C12H20N2O3. The van der Waals surface area contributed by atoms with E-state index in [0.29, 0.717) is 25.9 Å². The van der Waals surface area contributed by atoms with Gasteiger partial charge in [0, 0.05) is 26.2 Å². The lowest BCUT2D eigenvalue weighted by atomic mass is 9.67. The zero-order chi connectivity index (χ0) is 12.5. The first-order valence-electron chi connectivity index (χ1n) is 6.35. The second-order valence-corrected chi connectivity index (χ2v) is 4.97. The molecule has 1 N–H and O–H groups in total. The molecule has 1 aliphatic carbocycles. The van der Waals surface area contributed by atoms with Crippen LogP contribution in [0.25, 0.3) is 0 Å². The predicted octanol–water partition coefficient (Wildman–Crippen LogP) is 0.405. The van der Waals surface area contributed by atoms with Gasteiger partial charge in [0.15, 0.2) is 0 Å². The monoisotopic (exact) mass is 240 g/mol. The van der Waals surface area contributed by atoms with Crippen molar-refractivity contribution in [2.24, 2.45) is 5.41 Å². The maximum atomic E-state index is 12.3. The van der Waals surface area contributed by atoms with Crippen LogP contribution in [-0.2, 0) is 9.59 Å². The van der Waals surface area contributed by atoms with E-state index in [9.17, 15) is 14.7 Å². The van der Waals surface area contributed by atoms with Crippen molar-refractivity contribution >= 4 is 11.9 Å². The largest absolute Gasteiger partial charge is 0.480 e. The number of carbonyl (C=O) groups is 2. The van der Waals surface area contributed by atoms with E-state index in [4.69, 9.17) is 0 Å². The molecule has 1 aliphatic heterocycles. The summed E-state index contributed by atoms with van der Waals surface area (Å²) in [7, 11) is 0. The third-order valence-electron chi connectivity index (χ3n) is 4.13. The van der Waals surface area contributed by atoms with Crippen LogP contribution in [0.4, 0.5) is 0 Å². The molecular weight excluding hydrogens is 220 g/mol. The fourth-order valence-electron chi connectivity index (χ4n) is 2.62. The molecule has 2 fully saturated rings. The van der Waals surface area contributed by atoms with E-state index >= 15 is 0 Å². The van der Waals surface area contributed by atoms with Crippen molar-refractivity contribution in [2.75, 3.05) is 32.7 Å². The fourth-order valence-corrected chi connectivity index (χ4v) is 2.62. The molecule has 17 heavy (non-hydrogen) atoms. The average Bonchev–Trinajstić information content (AvgIpc) is 2.27. The van der Waals surface area contributed by atoms with Crippen LogP contribution in [0, 0.1) is 5.41 Å². The summed E-state index contributed by atoms with van der Waals surface area (Å²) < 4.78 is 0. The highest BCUT2D eigenvalue weighted by atomic mass is 16.4. The van der Waals surface area contributed by atoms with Crippen molar-refractivity contribution in [1.29, 1.82) is 0 Å². The Morgan fingerprint density at radius 2 is 1.76 bits per heavy atom. The third kappa shape index (κ3) is 2.04. The standard InChI is InChI=1S/C12H20N2O3/c1-2-13-6-8-14(9-7-13)10(15)12(11(16)17)4-3-5-12/h2-9H2,1H3,(H,16,17). The first kappa shape index (κ1) is 12.4. The van der Waals surface area contributed by atoms with Crippen molar-refractivity contribution in [2.45, 2.75) is 26.2 Å². The number of rotatable bonds is 3. The van der Waals surface area contributed by atoms with Gasteiger partial charge in [0.05, 0.1) is 0 Å². The minimum atomic E-state index is -1.09. The maximum absolute atomic E-state index is 12.3. The van der Waals surface area contributed by atoms with Gasteiger partial charge in [-0.2, -0.15) is 0 Å². The summed E-state index contributed by atoms with van der Waals surface area (Å²) in [6.45, 7) is 6.15. The molecule has 1 heterocycles. The number of aliphatic carboxylic acids is 1. The second-order valence-electron chi connectivity index (χ2n) is 4.97. The lowest BCUT2D eigenvalue weighted by Gasteiger charge is -2.42. The number of carboxylic acids is 1. The molecule has 0 radical (unpaired) electrons. The highest BCUT2D eigenvalue weighted by Gasteiger charge is 2.53. The van der Waals surface area contributed by atoms with Crippen LogP contribution in [0.1, 0.15) is 26.2 Å². The number of amides is 1. The Balaban J connectivity index is 1.99. The number of likely N-dealkylation sites (N-methyl/N-ethyl adjacent to an activating group) is 1. The summed E-state index contributed by atoms with van der Waals surface area (Å²) in [5.74, 6) is -1.10. The molecule has 1 saturated carbocycles. The Morgan fingerprint density at radius 1 is 1.18 bits per heavy atom. The van der Waals surface area contributed by atoms with E-state index in [1.807, 2.05) is 0 Å². The molecule has 0 spiro atoms. The van der Waals surface area contributed by atoms with E-state index < -0.39 is 11.4 Å². The minimum absolute atomic E-state index is 0.160. The SMILES string of the molecule is CCN1CCN(C(=O)C2(C(=O)O)CCC2)CC1. The molecule has 96 valence electrons. The Morgan fingerprint density at radius 3 is 2.12 bits per heavy atom. The summed E-state index contributed by atoms with van der Waals surface area (Å²) >= 11 is 0. The van der Waals surface area contributed by atoms with Gasteiger partial charge in [0.2, 0.25) is 5.91 Å². The van der Waals surface area contributed by atoms with Crippen molar-refractivity contribution < 1.29 is 14.7 Å². The molecule has 0 atom stereocenters. The highest BCUT2D eigenvalue weighted by Crippen LogP contribution is 2.42. The topological polar surface area (TPSA) is 60.9 Å². The number of hydrogen-bond donors (Lipinski definition) is 1. The summed E-state index contributed by atoms with van der Waals surface area (Å²) in [5.41, 5.74) is -1.09. The molecule has 0 aromatic carbocycles. The molecule has 0 unspecified atom stereocenters. The molecule has 0 aromatic rings. The molecule has 1 amide bonds. The Kier molecular flexibility index (Phi) is 3.38. The van der Waals surface area contributed by atoms with Crippen LogP contribution < -0.4 is 0 Å². The number of carbonyl (C=O) groups excluding carboxylic acids is 1. The number of piperazine rings is 1. The lowest BCUT2D eigenvalue weighted by Crippen LogP contribution is -2.57. The lowest BCUT2D eigenvalue weighted by molar-refractivity contribution is -0.168. The van der Waals surface area contributed by atoms with Gasteiger partial charge in [-0.05, 0) is 19.4 Å². The van der Waals surface area contributed by atoms with Crippen molar-refractivity contribution in [3.63, 3.8) is 0 Å². The molecule has 1 saturated heterocycles. The normalized spacial score (nSPS) is 24.2. The number of hydrogen-bond acceptors (Lipinski definition) is 3. The van der Waals surface area contributed by atoms with Gasteiger partial charge in [0.25, 0.3) is 0 Å². The van der Waals surface area contributed by atoms with Gasteiger partial charge in [0.1, 0.15) is 5.41 Å². The van der Waals surface area contributed by atoms with E-state index in [1.54, 1.807) is 4.90 Å². The van der Waals surface area contributed by atoms with Crippen LogP contribution in [0.2, 0.25) is 0 Å². The Labute approximate surface area is 101 Å². The minimum Gasteiger partial charge on any atom is -0.480 e. The van der Waals surface area contributed by atoms with Gasteiger partial charge in [-0.25, -0.2) is 0 Å². The summed E-state index contributed by atoms with van der Waals surface area (Å²) in [6.07, 6.45) is 1.87. The molecule has 2 aliphatic rings. The van der Waals surface area contributed by atoms with Gasteiger partial charge in [-0.15, -0.1) is 0 Å². The molecule has 2 rings (SSSR count). The van der Waals surface area contributed by atoms with E-state index in [-0.39, 0.29) is 5.91 Å². The van der Waals surface area contributed by atoms with E-state index in [0.717, 1.165) is 26.1 Å². The molecule has 5 nitrogen and oxygen atoms in total. The number of carboxylic acid groups (broad SMARTS) is 1. The summed E-state index contributed by atoms with van der Waals surface area (Å²) in [6, 6.07) is 0. The average molecular weight is 240 g/mol. The van der Waals surface area contributed by atoms with Crippen molar-refractivity contribution in [1.82, 2.24) is 9.80 Å². The van der Waals surface area contributed by atoms with E-state index in [1.165, 1.54) is 0 Å². The van der Waals surface area contributed by atoms with Gasteiger partial charge in [-0.1, -0.05) is 13.3 Å². The van der Waals surface area contributed by atoms with Crippen molar-refractivity contribution in [3.05, 3.63) is 0 Å². The third-order valence-corrected chi connectivity index (χ3v) is 4.13. The van der Waals surface area contributed by atoms with Crippen LogP contribution in [-0.4, -0.2) is 59.5 Å². The Hall–Kier alpha value is -1.10. The van der Waals surface area contributed by atoms with Gasteiger partial charge < -0.3 is 14.9 Å². The summed E-state index contributed by atoms with van der Waals surface area (Å²) in [5, 5.41) is 9.23. The number of nitrogens with zero attached hydrogens (tertiary/aromatic N) is 2. The maximum Gasteiger partial charge on any atom is 0.319 e. The Bertz CT molecular complexity index is 318. The van der Waals surface area contributed by atoms with Crippen LogP contribution in [0.3, 0.4) is 0 Å². The van der Waals surface area contributed by atoms with Crippen LogP contribution in [0.15, 0.2) is 0 Å². The van der Waals surface area contributed by atoms with Crippen molar-refractivity contribution in [3.8, 4) is 0 Å². The first-order chi connectivity index (χ1) is 8.10. The molecule has 5 heteroatoms. The van der Waals surface area contributed by atoms with Gasteiger partial charge in [-0.3, -0.25) is 9.59 Å². The quantitative estimate of drug-likeness (QED) is 0.726. The second kappa shape index (κ2) is 4.64. The smallest absolute Gasteiger partial charge is 0.319 e. The highest BCUT2D eigenvalue weighted by molar-refractivity contribution is 6.02. The zero-order valence-electron chi connectivity index (χ0n) is 10.3. The van der Waals surface area contributed by atoms with Crippen LogP contribution in [0.5, 0.6) is 0 Å². The van der Waals surface area contributed by atoms with Crippen LogP contribution >= 0.6 is 0 Å². The molecule has 0 bridgehead atoms. The molecule has 0 aromatic heterocycles. The predicted molar refractivity (Wildman–Crippen MR) is 62.6 cm³/mol. The zero-order valence-corrected chi connectivity index (χ0v) is 10.3. The summed E-state index contributed by atoms with van der Waals surface area (Å²) in [4.78, 5) is 27.5. The first-order valence-corrected chi connectivity index (χ1v) is 6.35. The van der Waals surface area contributed by atoms with E-state index in [2.05, 4.69) is 11.8 Å². The van der Waals surface area contributed by atoms with Gasteiger partial charge >= 0.3 is 5.97 Å².